The van der Waals surface area contributed by atoms with Crippen LogP contribution in [0.3, 0.4) is 0 Å². The molecule has 28 heavy (non-hydrogen) atoms. The molecular weight excluding hydrogens is 392 g/mol. The zero-order chi connectivity index (χ0) is 20.7. The maximum Gasteiger partial charge on any atom is 0.573 e. The Morgan fingerprint density at radius 2 is 1.75 bits per heavy atom. The number of H-pyrrole nitrogens is 1. The first-order valence-corrected chi connectivity index (χ1v) is 7.74. The van der Waals surface area contributed by atoms with Gasteiger partial charge in [-0.1, -0.05) is 12.1 Å². The molecule has 0 aliphatic heterocycles. The summed E-state index contributed by atoms with van der Waals surface area (Å²) in [5, 5.41) is 9.26. The molecule has 10 heteroatoms. The number of aromatic nitrogens is 1. The Hall–Kier alpha value is -3.17. The first-order chi connectivity index (χ1) is 12.9. The Morgan fingerprint density at radius 1 is 1.04 bits per heavy atom. The van der Waals surface area contributed by atoms with E-state index in [1.165, 1.54) is 12.1 Å². The van der Waals surface area contributed by atoms with Crippen molar-refractivity contribution in [2.24, 2.45) is 0 Å². The van der Waals surface area contributed by atoms with Crippen LogP contribution in [-0.2, 0) is 17.4 Å². The van der Waals surface area contributed by atoms with Gasteiger partial charge >= 0.3 is 18.5 Å². The van der Waals surface area contributed by atoms with Crippen molar-refractivity contribution in [1.82, 2.24) is 4.98 Å². The Morgan fingerprint density at radius 3 is 2.36 bits per heavy atom. The molecule has 2 aromatic carbocycles. The highest BCUT2D eigenvalue weighted by atomic mass is 19.4. The van der Waals surface area contributed by atoms with Gasteiger partial charge in [0.1, 0.15) is 5.75 Å². The molecule has 1 heterocycles. The van der Waals surface area contributed by atoms with Crippen LogP contribution in [0, 0.1) is 0 Å². The molecule has 0 aliphatic carbocycles. The number of carboxylic acid groups (broad SMARTS) is 1. The van der Waals surface area contributed by atoms with Crippen molar-refractivity contribution in [3.05, 3.63) is 53.6 Å². The summed E-state index contributed by atoms with van der Waals surface area (Å²) in [7, 11) is 0. The highest BCUT2D eigenvalue weighted by Crippen LogP contribution is 2.37. The Labute approximate surface area is 153 Å². The van der Waals surface area contributed by atoms with E-state index in [2.05, 4.69) is 9.72 Å². The molecule has 3 aromatic rings. The van der Waals surface area contributed by atoms with E-state index < -0.39 is 36.2 Å². The zero-order valence-electron chi connectivity index (χ0n) is 13.8. The molecule has 0 fully saturated rings. The number of hydrogen-bond acceptors (Lipinski definition) is 2. The van der Waals surface area contributed by atoms with Gasteiger partial charge in [-0.05, 0) is 41.5 Å². The lowest BCUT2D eigenvalue weighted by Gasteiger charge is -2.09. The summed E-state index contributed by atoms with van der Waals surface area (Å²) < 4.78 is 80.1. The Kier molecular flexibility index (Phi) is 4.74. The lowest BCUT2D eigenvalue weighted by Crippen LogP contribution is -2.17. The fourth-order valence-corrected chi connectivity index (χ4v) is 2.86. The monoisotopic (exact) mass is 403 g/mol. The average molecular weight is 403 g/mol. The molecule has 0 spiro atoms. The highest BCUT2D eigenvalue weighted by Gasteiger charge is 2.32. The van der Waals surface area contributed by atoms with Crippen molar-refractivity contribution in [1.29, 1.82) is 0 Å². The fraction of sp³-hybridized carbons (Fsp3) is 0.167. The molecule has 148 valence electrons. The summed E-state index contributed by atoms with van der Waals surface area (Å²) in [5.41, 5.74) is -0.494. The number of fused-ring (bicyclic) bond motifs is 1. The molecule has 0 radical (unpaired) electrons. The summed E-state index contributed by atoms with van der Waals surface area (Å²) in [6, 6.07) is 7.45. The third-order valence-corrected chi connectivity index (χ3v) is 3.92. The topological polar surface area (TPSA) is 62.3 Å². The Bertz CT molecular complexity index is 1040. The van der Waals surface area contributed by atoms with E-state index in [-0.39, 0.29) is 27.7 Å². The van der Waals surface area contributed by atoms with E-state index in [1.54, 1.807) is 0 Å². The number of alkyl halides is 6. The van der Waals surface area contributed by atoms with Gasteiger partial charge in [0.2, 0.25) is 0 Å². The van der Waals surface area contributed by atoms with E-state index >= 15 is 0 Å². The third kappa shape index (κ3) is 4.21. The number of halogens is 6. The molecule has 0 saturated heterocycles. The van der Waals surface area contributed by atoms with Crippen LogP contribution in [0.4, 0.5) is 26.3 Å². The number of ether oxygens (including phenoxy) is 1. The second-order valence-corrected chi connectivity index (χ2v) is 5.88. The molecule has 0 bridgehead atoms. The molecule has 0 unspecified atom stereocenters. The van der Waals surface area contributed by atoms with Crippen LogP contribution in [-0.4, -0.2) is 22.4 Å². The van der Waals surface area contributed by atoms with Crippen LogP contribution in [0.2, 0.25) is 0 Å². The highest BCUT2D eigenvalue weighted by molar-refractivity contribution is 5.94. The fourth-order valence-electron chi connectivity index (χ4n) is 2.86. The minimum atomic E-state index is -4.94. The van der Waals surface area contributed by atoms with Gasteiger partial charge in [0.05, 0.1) is 17.7 Å². The maximum atomic E-state index is 13.0. The second kappa shape index (κ2) is 6.77. The first-order valence-electron chi connectivity index (χ1n) is 7.74. The van der Waals surface area contributed by atoms with Gasteiger partial charge in [-0.3, -0.25) is 4.79 Å². The molecule has 3 rings (SSSR count). The molecule has 0 saturated carbocycles. The molecule has 1 aromatic heterocycles. The predicted molar refractivity (Wildman–Crippen MR) is 86.8 cm³/mol. The van der Waals surface area contributed by atoms with Crippen molar-refractivity contribution < 1.29 is 41.0 Å². The minimum absolute atomic E-state index is 0.0504. The SMILES string of the molecule is O=C(O)Cc1c(-c2cccc(C(F)(F)F)c2)[nH]c2ccc(OC(F)(F)F)cc12. The van der Waals surface area contributed by atoms with Crippen molar-refractivity contribution in [2.45, 2.75) is 19.0 Å². The predicted octanol–water partition coefficient (Wildman–Crippen LogP) is 5.38. The lowest BCUT2D eigenvalue weighted by atomic mass is 10.0. The third-order valence-electron chi connectivity index (χ3n) is 3.92. The van der Waals surface area contributed by atoms with E-state index in [4.69, 9.17) is 5.11 Å². The number of nitrogens with one attached hydrogen (secondary N) is 1. The summed E-state index contributed by atoms with van der Waals surface area (Å²) in [4.78, 5) is 14.0. The molecule has 0 amide bonds. The summed E-state index contributed by atoms with van der Waals surface area (Å²) in [6.45, 7) is 0. The molecular formula is C18H11F6NO3. The van der Waals surface area contributed by atoms with Gasteiger partial charge in [0, 0.05) is 10.9 Å². The van der Waals surface area contributed by atoms with E-state index in [9.17, 15) is 31.1 Å². The molecule has 0 atom stereocenters. The van der Waals surface area contributed by atoms with Gasteiger partial charge in [-0.2, -0.15) is 13.2 Å². The van der Waals surface area contributed by atoms with E-state index in [0.717, 1.165) is 30.3 Å². The van der Waals surface area contributed by atoms with Gasteiger partial charge in [0.15, 0.2) is 0 Å². The van der Waals surface area contributed by atoms with Crippen LogP contribution in [0.15, 0.2) is 42.5 Å². The number of aliphatic carboxylic acids is 1. The van der Waals surface area contributed by atoms with Crippen molar-refractivity contribution in [3.8, 4) is 17.0 Å². The minimum Gasteiger partial charge on any atom is -0.481 e. The number of benzene rings is 2. The number of carboxylic acids is 1. The van der Waals surface area contributed by atoms with Gasteiger partial charge in [-0.25, -0.2) is 0 Å². The van der Waals surface area contributed by atoms with Gasteiger partial charge in [0.25, 0.3) is 0 Å². The van der Waals surface area contributed by atoms with E-state index in [1.807, 2.05) is 0 Å². The van der Waals surface area contributed by atoms with E-state index in [0.29, 0.717) is 0 Å². The second-order valence-electron chi connectivity index (χ2n) is 5.88. The van der Waals surface area contributed by atoms with Crippen molar-refractivity contribution in [3.63, 3.8) is 0 Å². The number of hydrogen-bond donors (Lipinski definition) is 2. The summed E-state index contributed by atoms with van der Waals surface area (Å²) >= 11 is 0. The molecule has 2 N–H and O–H groups in total. The van der Waals surface area contributed by atoms with Crippen LogP contribution >= 0.6 is 0 Å². The molecule has 4 nitrogen and oxygen atoms in total. The maximum absolute atomic E-state index is 13.0. The average Bonchev–Trinajstić information content (AvgIpc) is 2.90. The summed E-state index contributed by atoms with van der Waals surface area (Å²) in [5.74, 6) is -1.86. The Balaban J connectivity index is 2.18. The summed E-state index contributed by atoms with van der Waals surface area (Å²) in [6.07, 6.45) is -10.2. The van der Waals surface area contributed by atoms with Crippen LogP contribution in [0.1, 0.15) is 11.1 Å². The van der Waals surface area contributed by atoms with Crippen molar-refractivity contribution in [2.75, 3.05) is 0 Å². The zero-order valence-corrected chi connectivity index (χ0v) is 13.8. The number of rotatable bonds is 4. The number of carbonyl (C=O) groups is 1. The van der Waals surface area contributed by atoms with Gasteiger partial charge < -0.3 is 14.8 Å². The lowest BCUT2D eigenvalue weighted by molar-refractivity contribution is -0.274. The quantitative estimate of drug-likeness (QED) is 0.575. The van der Waals surface area contributed by atoms with Crippen LogP contribution in [0.25, 0.3) is 22.2 Å². The largest absolute Gasteiger partial charge is 0.573 e. The smallest absolute Gasteiger partial charge is 0.481 e. The van der Waals surface area contributed by atoms with Gasteiger partial charge in [-0.15, -0.1) is 13.2 Å². The first kappa shape index (κ1) is 19.6. The molecule has 0 aliphatic rings. The standard InChI is InChI=1S/C18H11F6NO3/c19-17(20,21)10-3-1-2-9(6-10)16-13(8-15(26)27)12-7-11(28-18(22,23)24)4-5-14(12)25-16/h1-7,25H,8H2,(H,26,27). The van der Waals surface area contributed by atoms with Crippen molar-refractivity contribution >= 4 is 16.9 Å². The normalized spacial score (nSPS) is 12.4. The van der Waals surface area contributed by atoms with Crippen LogP contribution in [0.5, 0.6) is 5.75 Å². The number of aromatic amines is 1. The van der Waals surface area contributed by atoms with Crippen LogP contribution < -0.4 is 4.74 Å².